The molecule has 0 aliphatic rings. The zero-order valence-corrected chi connectivity index (χ0v) is 13.7. The second-order valence-corrected chi connectivity index (χ2v) is 5.78. The lowest BCUT2D eigenvalue weighted by atomic mass is 9.82. The van der Waals surface area contributed by atoms with Crippen molar-refractivity contribution in [1.29, 1.82) is 0 Å². The van der Waals surface area contributed by atoms with Crippen molar-refractivity contribution >= 4 is 12.2 Å². The number of isocyanates is 2. The van der Waals surface area contributed by atoms with Crippen molar-refractivity contribution < 1.29 is 9.59 Å². The second-order valence-electron chi connectivity index (χ2n) is 5.78. The lowest BCUT2D eigenvalue weighted by molar-refractivity contribution is 0.485. The molecular formula is C17H24N2O2. The van der Waals surface area contributed by atoms with Gasteiger partial charge in [-0.15, -0.1) is 0 Å². The summed E-state index contributed by atoms with van der Waals surface area (Å²) in [5.41, 5.74) is 0.289. The van der Waals surface area contributed by atoms with Crippen LogP contribution in [0.4, 0.5) is 0 Å². The van der Waals surface area contributed by atoms with Crippen LogP contribution in [-0.4, -0.2) is 12.2 Å². The molecule has 0 bridgehead atoms. The molecule has 0 aromatic heterocycles. The fraction of sp³-hybridized carbons (Fsp3) is 0.529. The molecule has 0 saturated carbocycles. The molecule has 4 nitrogen and oxygen atoms in total. The van der Waals surface area contributed by atoms with Crippen molar-refractivity contribution in [3.05, 3.63) is 35.4 Å². The van der Waals surface area contributed by atoms with E-state index in [4.69, 9.17) is 0 Å². The van der Waals surface area contributed by atoms with E-state index in [1.807, 2.05) is 52.0 Å². The van der Waals surface area contributed by atoms with E-state index >= 15 is 0 Å². The third kappa shape index (κ3) is 5.47. The van der Waals surface area contributed by atoms with Gasteiger partial charge >= 0.3 is 0 Å². The van der Waals surface area contributed by atoms with Gasteiger partial charge in [0.25, 0.3) is 0 Å². The van der Waals surface area contributed by atoms with E-state index in [1.54, 1.807) is 12.2 Å². The number of hydrogen-bond donors (Lipinski definition) is 0. The lowest BCUT2D eigenvalue weighted by Crippen LogP contribution is -2.23. The van der Waals surface area contributed by atoms with E-state index in [2.05, 4.69) is 23.8 Å². The molecule has 0 unspecified atom stereocenters. The summed E-state index contributed by atoms with van der Waals surface area (Å²) in [6.45, 7) is 11.5. The van der Waals surface area contributed by atoms with Crippen LogP contribution in [0.1, 0.15) is 59.1 Å². The molecule has 1 rings (SSSR count). The minimum atomic E-state index is -0.700. The average Bonchev–Trinajstić information content (AvgIpc) is 2.39. The molecule has 0 saturated heterocycles. The Bertz CT molecular complexity index is 501. The maximum absolute atomic E-state index is 10.5. The smallest absolute Gasteiger partial charge is 0.211 e. The van der Waals surface area contributed by atoms with Crippen LogP contribution in [0, 0.1) is 0 Å². The largest absolute Gasteiger partial charge is 0.235 e. The standard InChI is InChI=1S/C14H16N2O2.C3H8/c1-13(2,15-9-17)11-7-5-6-8-12(11)14(3,4)16-10-18;1-3-2/h5-8H,1-4H3;3H2,1-2H3. The summed E-state index contributed by atoms with van der Waals surface area (Å²) in [4.78, 5) is 28.6. The molecule has 21 heavy (non-hydrogen) atoms. The second kappa shape index (κ2) is 8.31. The predicted molar refractivity (Wildman–Crippen MR) is 84.7 cm³/mol. The highest BCUT2D eigenvalue weighted by atomic mass is 16.1. The number of rotatable bonds is 4. The SMILES string of the molecule is CC(C)(N=C=O)c1ccccc1C(C)(C)N=C=O.CCC. The van der Waals surface area contributed by atoms with Gasteiger partial charge in [-0.3, -0.25) is 0 Å². The molecule has 0 heterocycles. The molecule has 4 heteroatoms. The lowest BCUT2D eigenvalue weighted by Gasteiger charge is -2.28. The predicted octanol–water partition coefficient (Wildman–Crippen LogP) is 4.24. The van der Waals surface area contributed by atoms with Gasteiger partial charge in [0.1, 0.15) is 0 Å². The number of benzene rings is 1. The molecule has 0 atom stereocenters. The Balaban J connectivity index is 0.00000122. The third-order valence-corrected chi connectivity index (χ3v) is 2.90. The van der Waals surface area contributed by atoms with E-state index in [0.717, 1.165) is 11.1 Å². The zero-order chi connectivity index (χ0) is 16.5. The van der Waals surface area contributed by atoms with Gasteiger partial charge in [-0.2, -0.15) is 9.98 Å². The Kier molecular flexibility index (Phi) is 7.51. The molecule has 0 fully saturated rings. The molecule has 0 amide bonds. The maximum atomic E-state index is 10.5. The molecular weight excluding hydrogens is 264 g/mol. The first kappa shape index (κ1) is 19.0. The quantitative estimate of drug-likeness (QED) is 0.614. The van der Waals surface area contributed by atoms with Crippen LogP contribution >= 0.6 is 0 Å². The van der Waals surface area contributed by atoms with E-state index in [1.165, 1.54) is 6.42 Å². The highest BCUT2D eigenvalue weighted by Gasteiger charge is 2.30. The first-order valence-electron chi connectivity index (χ1n) is 7.04. The van der Waals surface area contributed by atoms with E-state index < -0.39 is 11.1 Å². The maximum Gasteiger partial charge on any atom is 0.235 e. The van der Waals surface area contributed by atoms with Crippen LogP contribution in [0.3, 0.4) is 0 Å². The number of hydrogen-bond acceptors (Lipinski definition) is 4. The van der Waals surface area contributed by atoms with Crippen LogP contribution < -0.4 is 0 Å². The van der Waals surface area contributed by atoms with Crippen LogP contribution in [0.2, 0.25) is 0 Å². The van der Waals surface area contributed by atoms with Crippen molar-refractivity contribution in [3.8, 4) is 0 Å². The zero-order valence-electron chi connectivity index (χ0n) is 13.7. The summed E-state index contributed by atoms with van der Waals surface area (Å²) in [5, 5.41) is 0. The van der Waals surface area contributed by atoms with Gasteiger partial charge in [-0.05, 0) is 38.8 Å². The molecule has 0 radical (unpaired) electrons. The van der Waals surface area contributed by atoms with Gasteiger partial charge in [0.15, 0.2) is 0 Å². The van der Waals surface area contributed by atoms with E-state index in [-0.39, 0.29) is 0 Å². The van der Waals surface area contributed by atoms with Crippen molar-refractivity contribution in [2.24, 2.45) is 9.98 Å². The summed E-state index contributed by atoms with van der Waals surface area (Å²) >= 11 is 0. The van der Waals surface area contributed by atoms with Gasteiger partial charge in [0, 0.05) is 0 Å². The van der Waals surface area contributed by atoms with E-state index in [9.17, 15) is 9.59 Å². The van der Waals surface area contributed by atoms with Crippen LogP contribution in [0.25, 0.3) is 0 Å². The highest BCUT2D eigenvalue weighted by molar-refractivity contribution is 5.44. The van der Waals surface area contributed by atoms with Gasteiger partial charge in [-0.1, -0.05) is 44.5 Å². The minimum Gasteiger partial charge on any atom is -0.211 e. The van der Waals surface area contributed by atoms with Gasteiger partial charge < -0.3 is 0 Å². The van der Waals surface area contributed by atoms with Crippen LogP contribution in [-0.2, 0) is 20.7 Å². The molecule has 1 aromatic carbocycles. The van der Waals surface area contributed by atoms with Gasteiger partial charge in [0.05, 0.1) is 11.1 Å². The first-order chi connectivity index (χ1) is 9.76. The van der Waals surface area contributed by atoms with Crippen molar-refractivity contribution in [3.63, 3.8) is 0 Å². The van der Waals surface area contributed by atoms with Crippen molar-refractivity contribution in [1.82, 2.24) is 0 Å². The Morgan fingerprint density at radius 2 is 1.14 bits per heavy atom. The van der Waals surface area contributed by atoms with Crippen molar-refractivity contribution in [2.75, 3.05) is 0 Å². The number of nitrogens with zero attached hydrogens (tertiary/aromatic N) is 2. The van der Waals surface area contributed by atoms with Crippen molar-refractivity contribution in [2.45, 2.75) is 59.0 Å². The normalized spacial score (nSPS) is 10.6. The number of aliphatic imine (C=N–C) groups is 2. The minimum absolute atomic E-state index is 0.700. The Labute approximate surface area is 127 Å². The Morgan fingerprint density at radius 1 is 0.857 bits per heavy atom. The first-order valence-corrected chi connectivity index (χ1v) is 7.04. The van der Waals surface area contributed by atoms with E-state index in [0.29, 0.717) is 0 Å². The molecule has 0 N–H and O–H groups in total. The monoisotopic (exact) mass is 288 g/mol. The fourth-order valence-corrected chi connectivity index (χ4v) is 1.90. The molecule has 1 aromatic rings. The fourth-order valence-electron chi connectivity index (χ4n) is 1.90. The number of carbonyl (C=O) groups excluding carboxylic acids is 2. The Hall–Kier alpha value is -2.02. The molecule has 114 valence electrons. The third-order valence-electron chi connectivity index (χ3n) is 2.90. The molecule has 0 aliphatic heterocycles. The average molecular weight is 288 g/mol. The summed E-state index contributed by atoms with van der Waals surface area (Å²) in [5.74, 6) is 0. The van der Waals surface area contributed by atoms with Crippen LogP contribution in [0.5, 0.6) is 0 Å². The topological polar surface area (TPSA) is 58.9 Å². The van der Waals surface area contributed by atoms with Crippen LogP contribution in [0.15, 0.2) is 34.3 Å². The Morgan fingerprint density at radius 3 is 1.38 bits per heavy atom. The summed E-state index contributed by atoms with van der Waals surface area (Å²) in [6.07, 6.45) is 4.42. The molecule has 0 aliphatic carbocycles. The summed E-state index contributed by atoms with van der Waals surface area (Å²) in [7, 11) is 0. The van der Waals surface area contributed by atoms with Gasteiger partial charge in [-0.25, -0.2) is 9.59 Å². The molecule has 0 spiro atoms. The summed E-state index contributed by atoms with van der Waals surface area (Å²) in [6, 6.07) is 7.47. The summed E-state index contributed by atoms with van der Waals surface area (Å²) < 4.78 is 0. The highest BCUT2D eigenvalue weighted by Crippen LogP contribution is 2.35. The van der Waals surface area contributed by atoms with Gasteiger partial charge in [0.2, 0.25) is 12.2 Å².